The summed E-state index contributed by atoms with van der Waals surface area (Å²) in [6.07, 6.45) is 0. The van der Waals surface area contributed by atoms with Crippen molar-refractivity contribution >= 4 is 55.6 Å². The highest BCUT2D eigenvalue weighted by molar-refractivity contribution is 7.22. The monoisotopic (exact) mass is 407 g/mol. The van der Waals surface area contributed by atoms with E-state index < -0.39 is 0 Å². The van der Waals surface area contributed by atoms with E-state index in [9.17, 15) is 4.79 Å². The molecule has 3 aromatic rings. The first kappa shape index (κ1) is 17.7. The lowest BCUT2D eigenvalue weighted by atomic mass is 10.3. The topological polar surface area (TPSA) is 45.7 Å². The van der Waals surface area contributed by atoms with E-state index in [1.807, 2.05) is 12.1 Å². The number of esters is 1. The Morgan fingerprint density at radius 2 is 2.00 bits per heavy atom. The number of hydrogen-bond acceptors (Lipinski definition) is 7. The number of rotatable bonds is 4. The maximum Gasteiger partial charge on any atom is 0.353 e. The van der Waals surface area contributed by atoms with Crippen molar-refractivity contribution in [3.05, 3.63) is 39.5 Å². The summed E-state index contributed by atoms with van der Waals surface area (Å²) in [7, 11) is 0. The lowest BCUT2D eigenvalue weighted by molar-refractivity contribution is 0.0740. The Balaban J connectivity index is 1.50. The standard InChI is InChI=1S/C18H18ClN3O2S2/c1-2-21-7-9-22(10-8-21)18-20-13-4-3-12(11-15(13)26-18)24-17(23)14-5-6-16(19)25-14/h3-6,11H,2,7-10H2,1H3. The summed E-state index contributed by atoms with van der Waals surface area (Å²) in [5, 5.41) is 1.03. The third-order valence-corrected chi connectivity index (χ3v) is 6.71. The van der Waals surface area contributed by atoms with Crippen LogP contribution in [0, 0.1) is 0 Å². The third-order valence-electron chi connectivity index (χ3n) is 4.42. The Kier molecular flexibility index (Phi) is 5.13. The van der Waals surface area contributed by atoms with E-state index in [1.165, 1.54) is 11.3 Å². The second-order valence-corrected chi connectivity index (χ2v) is 8.76. The Hall–Kier alpha value is -1.67. The number of fused-ring (bicyclic) bond motifs is 1. The predicted octanol–water partition coefficient (Wildman–Crippen LogP) is 4.37. The van der Waals surface area contributed by atoms with Crippen LogP contribution < -0.4 is 9.64 Å². The molecule has 136 valence electrons. The van der Waals surface area contributed by atoms with Crippen LogP contribution in [0.2, 0.25) is 4.34 Å². The van der Waals surface area contributed by atoms with Crippen molar-refractivity contribution in [1.29, 1.82) is 0 Å². The molecule has 26 heavy (non-hydrogen) atoms. The largest absolute Gasteiger partial charge is 0.422 e. The van der Waals surface area contributed by atoms with Crippen LogP contribution in [0.25, 0.3) is 10.2 Å². The second kappa shape index (κ2) is 7.52. The zero-order valence-electron chi connectivity index (χ0n) is 14.3. The summed E-state index contributed by atoms with van der Waals surface area (Å²) in [4.78, 5) is 22.2. The molecule has 0 spiro atoms. The minimum Gasteiger partial charge on any atom is -0.422 e. The number of ether oxygens (including phenoxy) is 1. The molecular formula is C18H18ClN3O2S2. The Labute approximate surface area is 164 Å². The van der Waals surface area contributed by atoms with Gasteiger partial charge >= 0.3 is 5.97 Å². The maximum absolute atomic E-state index is 12.2. The van der Waals surface area contributed by atoms with Gasteiger partial charge in [-0.25, -0.2) is 9.78 Å². The Morgan fingerprint density at radius 1 is 1.19 bits per heavy atom. The Bertz CT molecular complexity index is 932. The van der Waals surface area contributed by atoms with Gasteiger partial charge in [-0.3, -0.25) is 0 Å². The number of benzene rings is 1. The number of hydrogen-bond donors (Lipinski definition) is 0. The fraction of sp³-hybridized carbons (Fsp3) is 0.333. The number of aromatic nitrogens is 1. The van der Waals surface area contributed by atoms with Crippen LogP contribution >= 0.6 is 34.3 Å². The lowest BCUT2D eigenvalue weighted by Crippen LogP contribution is -2.46. The summed E-state index contributed by atoms with van der Waals surface area (Å²) in [6.45, 7) is 7.42. The average Bonchev–Trinajstić information content (AvgIpc) is 3.27. The van der Waals surface area contributed by atoms with Crippen molar-refractivity contribution in [3.63, 3.8) is 0 Å². The molecule has 0 amide bonds. The highest BCUT2D eigenvalue weighted by Crippen LogP contribution is 2.32. The molecule has 1 saturated heterocycles. The quantitative estimate of drug-likeness (QED) is 0.474. The number of nitrogens with zero attached hydrogens (tertiary/aromatic N) is 3. The van der Waals surface area contributed by atoms with E-state index in [2.05, 4.69) is 16.7 Å². The first-order chi connectivity index (χ1) is 12.6. The molecule has 4 rings (SSSR count). The fourth-order valence-electron chi connectivity index (χ4n) is 2.93. The molecule has 0 aliphatic carbocycles. The average molecular weight is 408 g/mol. The molecule has 1 aliphatic heterocycles. The van der Waals surface area contributed by atoms with Crippen molar-refractivity contribution in [2.24, 2.45) is 0 Å². The lowest BCUT2D eigenvalue weighted by Gasteiger charge is -2.33. The molecule has 2 aromatic heterocycles. The molecule has 0 N–H and O–H groups in total. The summed E-state index contributed by atoms with van der Waals surface area (Å²) in [6, 6.07) is 8.94. The molecule has 3 heterocycles. The SMILES string of the molecule is CCN1CCN(c2nc3ccc(OC(=O)c4ccc(Cl)s4)cc3s2)CC1. The van der Waals surface area contributed by atoms with E-state index in [1.54, 1.807) is 29.5 Å². The fourth-order valence-corrected chi connectivity index (χ4v) is 4.89. The van der Waals surface area contributed by atoms with Crippen molar-refractivity contribution < 1.29 is 9.53 Å². The van der Waals surface area contributed by atoms with Crippen LogP contribution in [0.5, 0.6) is 5.75 Å². The highest BCUT2D eigenvalue weighted by atomic mass is 35.5. The van der Waals surface area contributed by atoms with Crippen LogP contribution in [0.15, 0.2) is 30.3 Å². The summed E-state index contributed by atoms with van der Waals surface area (Å²) >= 11 is 8.73. The normalized spacial score (nSPS) is 15.5. The van der Waals surface area contributed by atoms with Gasteiger partial charge in [0.15, 0.2) is 5.13 Å². The molecule has 0 atom stereocenters. The van der Waals surface area contributed by atoms with Gasteiger partial charge in [0.25, 0.3) is 0 Å². The number of halogens is 1. The molecule has 1 aliphatic rings. The number of piperazine rings is 1. The molecule has 1 aromatic carbocycles. The van der Waals surface area contributed by atoms with Crippen molar-refractivity contribution in [3.8, 4) is 5.75 Å². The number of likely N-dealkylation sites (N-methyl/N-ethyl adjacent to an activating group) is 1. The van der Waals surface area contributed by atoms with E-state index in [0.29, 0.717) is 15.0 Å². The Morgan fingerprint density at radius 3 is 2.69 bits per heavy atom. The van der Waals surface area contributed by atoms with Gasteiger partial charge < -0.3 is 14.5 Å². The molecule has 0 saturated carbocycles. The van der Waals surface area contributed by atoms with Crippen LogP contribution in [-0.2, 0) is 0 Å². The molecular weight excluding hydrogens is 390 g/mol. The van der Waals surface area contributed by atoms with Crippen molar-refractivity contribution in [2.45, 2.75) is 6.92 Å². The summed E-state index contributed by atoms with van der Waals surface area (Å²) < 4.78 is 7.07. The summed E-state index contributed by atoms with van der Waals surface area (Å²) in [5.74, 6) is 0.139. The van der Waals surface area contributed by atoms with Gasteiger partial charge in [-0.15, -0.1) is 11.3 Å². The van der Waals surface area contributed by atoms with Gasteiger partial charge in [-0.2, -0.15) is 0 Å². The van der Waals surface area contributed by atoms with E-state index in [0.717, 1.165) is 48.1 Å². The van der Waals surface area contributed by atoms with Crippen LogP contribution in [-0.4, -0.2) is 48.6 Å². The van der Waals surface area contributed by atoms with E-state index >= 15 is 0 Å². The first-order valence-electron chi connectivity index (χ1n) is 8.48. The van der Waals surface area contributed by atoms with Gasteiger partial charge in [0, 0.05) is 32.2 Å². The molecule has 1 fully saturated rings. The first-order valence-corrected chi connectivity index (χ1v) is 10.5. The highest BCUT2D eigenvalue weighted by Gasteiger charge is 2.19. The van der Waals surface area contributed by atoms with Gasteiger partial charge in [0.1, 0.15) is 10.6 Å². The maximum atomic E-state index is 12.2. The second-order valence-electron chi connectivity index (χ2n) is 6.04. The summed E-state index contributed by atoms with van der Waals surface area (Å²) in [5.41, 5.74) is 0.932. The molecule has 8 heteroatoms. The zero-order valence-corrected chi connectivity index (χ0v) is 16.7. The minimum absolute atomic E-state index is 0.387. The van der Waals surface area contributed by atoms with Crippen LogP contribution in [0.3, 0.4) is 0 Å². The zero-order chi connectivity index (χ0) is 18.1. The third kappa shape index (κ3) is 3.71. The van der Waals surface area contributed by atoms with Crippen LogP contribution in [0.4, 0.5) is 5.13 Å². The number of anilines is 1. The molecule has 0 unspecified atom stereocenters. The van der Waals surface area contributed by atoms with E-state index in [4.69, 9.17) is 21.3 Å². The predicted molar refractivity (Wildman–Crippen MR) is 108 cm³/mol. The van der Waals surface area contributed by atoms with Gasteiger partial charge in [0.05, 0.1) is 14.6 Å². The molecule has 5 nitrogen and oxygen atoms in total. The van der Waals surface area contributed by atoms with Crippen molar-refractivity contribution in [1.82, 2.24) is 9.88 Å². The number of thiophene rings is 1. The number of carbonyl (C=O) groups is 1. The van der Waals surface area contributed by atoms with Gasteiger partial charge in [-0.05, 0) is 30.8 Å². The molecule has 0 radical (unpaired) electrons. The molecule has 0 bridgehead atoms. The van der Waals surface area contributed by atoms with Gasteiger partial charge in [0.2, 0.25) is 0 Å². The van der Waals surface area contributed by atoms with E-state index in [-0.39, 0.29) is 5.97 Å². The smallest absolute Gasteiger partial charge is 0.353 e. The van der Waals surface area contributed by atoms with Gasteiger partial charge in [-0.1, -0.05) is 29.9 Å². The number of thiazole rings is 1. The van der Waals surface area contributed by atoms with Crippen molar-refractivity contribution in [2.75, 3.05) is 37.6 Å². The number of carbonyl (C=O) groups excluding carboxylic acids is 1. The van der Waals surface area contributed by atoms with Crippen LogP contribution in [0.1, 0.15) is 16.6 Å². The minimum atomic E-state index is -0.387.